The van der Waals surface area contributed by atoms with E-state index in [9.17, 15) is 9.59 Å². The highest BCUT2D eigenvalue weighted by atomic mass is 16.5. The second-order valence-electron chi connectivity index (χ2n) is 4.72. The average Bonchev–Trinajstić information content (AvgIpc) is 3.25. The van der Waals surface area contributed by atoms with Crippen LogP contribution in [0, 0.1) is 0 Å². The first-order valence-corrected chi connectivity index (χ1v) is 6.65. The van der Waals surface area contributed by atoms with E-state index in [4.69, 9.17) is 0 Å². The number of rotatable bonds is 6. The standard InChI is InChI=1S/C14H19N3O3/c1-20-14(19)17-12-6-4-11(5-7-12)16-13(18)8-9-15-10-2-3-10/h4-7,10,15H,2-3,8-9H2,1H3,(H,16,18)(H,17,19). The van der Waals surface area contributed by atoms with Gasteiger partial charge in [-0.15, -0.1) is 0 Å². The van der Waals surface area contributed by atoms with Gasteiger partial charge >= 0.3 is 6.09 Å². The van der Waals surface area contributed by atoms with Gasteiger partial charge in [0.15, 0.2) is 0 Å². The highest BCUT2D eigenvalue weighted by Gasteiger charge is 2.20. The maximum Gasteiger partial charge on any atom is 0.411 e. The molecule has 108 valence electrons. The summed E-state index contributed by atoms with van der Waals surface area (Å²) in [7, 11) is 1.31. The first-order chi connectivity index (χ1) is 9.67. The van der Waals surface area contributed by atoms with Crippen molar-refractivity contribution >= 4 is 23.4 Å². The lowest BCUT2D eigenvalue weighted by molar-refractivity contribution is -0.116. The van der Waals surface area contributed by atoms with Crippen LogP contribution in [0.4, 0.5) is 16.2 Å². The van der Waals surface area contributed by atoms with Gasteiger partial charge in [0.1, 0.15) is 0 Å². The van der Waals surface area contributed by atoms with Gasteiger partial charge in [0.05, 0.1) is 7.11 Å². The monoisotopic (exact) mass is 277 g/mol. The molecule has 1 aliphatic rings. The average molecular weight is 277 g/mol. The van der Waals surface area contributed by atoms with Crippen molar-refractivity contribution in [2.24, 2.45) is 0 Å². The molecular formula is C14H19N3O3. The lowest BCUT2D eigenvalue weighted by Crippen LogP contribution is -2.23. The van der Waals surface area contributed by atoms with E-state index in [0.717, 1.165) is 0 Å². The molecule has 1 saturated carbocycles. The van der Waals surface area contributed by atoms with E-state index in [0.29, 0.717) is 30.4 Å². The first-order valence-electron chi connectivity index (χ1n) is 6.65. The van der Waals surface area contributed by atoms with E-state index in [2.05, 4.69) is 20.7 Å². The van der Waals surface area contributed by atoms with Crippen molar-refractivity contribution in [3.8, 4) is 0 Å². The summed E-state index contributed by atoms with van der Waals surface area (Å²) in [5.41, 5.74) is 1.32. The van der Waals surface area contributed by atoms with Gasteiger partial charge in [-0.05, 0) is 37.1 Å². The molecule has 2 amide bonds. The minimum atomic E-state index is -0.520. The molecule has 0 aromatic heterocycles. The molecule has 20 heavy (non-hydrogen) atoms. The third kappa shape index (κ3) is 4.89. The summed E-state index contributed by atoms with van der Waals surface area (Å²) in [5, 5.41) is 8.64. The number of nitrogens with one attached hydrogen (secondary N) is 3. The van der Waals surface area contributed by atoms with Gasteiger partial charge in [-0.3, -0.25) is 10.1 Å². The van der Waals surface area contributed by atoms with E-state index < -0.39 is 6.09 Å². The molecule has 1 aromatic carbocycles. The summed E-state index contributed by atoms with van der Waals surface area (Å²) in [5.74, 6) is -0.0215. The fourth-order valence-electron chi connectivity index (χ4n) is 1.71. The Hall–Kier alpha value is -2.08. The summed E-state index contributed by atoms with van der Waals surface area (Å²) in [4.78, 5) is 22.7. The van der Waals surface area contributed by atoms with Crippen LogP contribution in [0.2, 0.25) is 0 Å². The van der Waals surface area contributed by atoms with Crippen LogP contribution in [-0.4, -0.2) is 31.7 Å². The highest BCUT2D eigenvalue weighted by molar-refractivity contribution is 5.91. The quantitative estimate of drug-likeness (QED) is 0.742. The maximum absolute atomic E-state index is 11.7. The fourth-order valence-corrected chi connectivity index (χ4v) is 1.71. The molecule has 6 heteroatoms. The Morgan fingerprint density at radius 2 is 1.75 bits per heavy atom. The smallest absolute Gasteiger partial charge is 0.411 e. The van der Waals surface area contributed by atoms with Crippen molar-refractivity contribution in [1.82, 2.24) is 5.32 Å². The Morgan fingerprint density at radius 1 is 1.15 bits per heavy atom. The van der Waals surface area contributed by atoms with Gasteiger partial charge in [0, 0.05) is 30.4 Å². The molecule has 0 atom stereocenters. The van der Waals surface area contributed by atoms with Crippen LogP contribution in [0.1, 0.15) is 19.3 Å². The number of anilines is 2. The van der Waals surface area contributed by atoms with Gasteiger partial charge in [0.2, 0.25) is 5.91 Å². The normalized spacial score (nSPS) is 13.7. The Bertz CT molecular complexity index is 469. The van der Waals surface area contributed by atoms with Crippen molar-refractivity contribution in [2.75, 3.05) is 24.3 Å². The summed E-state index contributed by atoms with van der Waals surface area (Å²) in [6.07, 6.45) is 2.37. The second-order valence-corrected chi connectivity index (χ2v) is 4.72. The third-order valence-corrected chi connectivity index (χ3v) is 2.96. The van der Waals surface area contributed by atoms with Crippen LogP contribution < -0.4 is 16.0 Å². The molecule has 0 aliphatic heterocycles. The maximum atomic E-state index is 11.7. The summed E-state index contributed by atoms with van der Waals surface area (Å²) in [6, 6.07) is 7.49. The number of hydrogen-bond acceptors (Lipinski definition) is 4. The molecule has 0 saturated heterocycles. The van der Waals surface area contributed by atoms with Crippen LogP contribution in [0.3, 0.4) is 0 Å². The predicted molar refractivity (Wildman–Crippen MR) is 76.7 cm³/mol. The van der Waals surface area contributed by atoms with E-state index in [1.54, 1.807) is 24.3 Å². The van der Waals surface area contributed by atoms with Gasteiger partial charge in [-0.25, -0.2) is 4.79 Å². The SMILES string of the molecule is COC(=O)Nc1ccc(NC(=O)CCNC2CC2)cc1. The molecule has 1 fully saturated rings. The molecule has 3 N–H and O–H groups in total. The number of benzene rings is 1. The third-order valence-electron chi connectivity index (χ3n) is 2.96. The zero-order chi connectivity index (χ0) is 14.4. The van der Waals surface area contributed by atoms with Gasteiger partial charge in [-0.1, -0.05) is 0 Å². The van der Waals surface area contributed by atoms with Gasteiger partial charge in [-0.2, -0.15) is 0 Å². The molecule has 0 bridgehead atoms. The molecule has 6 nitrogen and oxygen atoms in total. The van der Waals surface area contributed by atoms with Crippen molar-refractivity contribution in [3.63, 3.8) is 0 Å². The summed E-state index contributed by atoms with van der Waals surface area (Å²) < 4.78 is 4.49. The minimum Gasteiger partial charge on any atom is -0.453 e. The number of ether oxygens (including phenoxy) is 1. The second kappa shape index (κ2) is 6.91. The van der Waals surface area contributed by atoms with Crippen LogP contribution >= 0.6 is 0 Å². The molecular weight excluding hydrogens is 258 g/mol. The molecule has 0 heterocycles. The lowest BCUT2D eigenvalue weighted by Gasteiger charge is -2.07. The molecule has 0 spiro atoms. The molecule has 2 rings (SSSR count). The van der Waals surface area contributed by atoms with Crippen molar-refractivity contribution in [2.45, 2.75) is 25.3 Å². The number of methoxy groups -OCH3 is 1. The van der Waals surface area contributed by atoms with Crippen LogP contribution in [0.5, 0.6) is 0 Å². The molecule has 0 radical (unpaired) electrons. The Balaban J connectivity index is 1.74. The highest BCUT2D eigenvalue weighted by Crippen LogP contribution is 2.18. The predicted octanol–water partition coefficient (Wildman–Crippen LogP) is 1.95. The number of carbonyl (C=O) groups excluding carboxylic acids is 2. The van der Waals surface area contributed by atoms with Crippen LogP contribution in [-0.2, 0) is 9.53 Å². The summed E-state index contributed by atoms with van der Waals surface area (Å²) in [6.45, 7) is 0.707. The fraction of sp³-hybridized carbons (Fsp3) is 0.429. The van der Waals surface area contributed by atoms with E-state index in [1.807, 2.05) is 0 Å². The lowest BCUT2D eigenvalue weighted by atomic mass is 10.2. The van der Waals surface area contributed by atoms with E-state index in [1.165, 1.54) is 20.0 Å². The van der Waals surface area contributed by atoms with Crippen LogP contribution in [0.25, 0.3) is 0 Å². The number of hydrogen-bond donors (Lipinski definition) is 3. The Labute approximate surface area is 117 Å². The van der Waals surface area contributed by atoms with Crippen LogP contribution in [0.15, 0.2) is 24.3 Å². The van der Waals surface area contributed by atoms with Crippen molar-refractivity contribution in [3.05, 3.63) is 24.3 Å². The molecule has 1 aliphatic carbocycles. The van der Waals surface area contributed by atoms with Gasteiger partial charge < -0.3 is 15.4 Å². The van der Waals surface area contributed by atoms with E-state index >= 15 is 0 Å². The topological polar surface area (TPSA) is 79.5 Å². The molecule has 1 aromatic rings. The first kappa shape index (κ1) is 14.3. The number of carbonyl (C=O) groups is 2. The number of amides is 2. The Morgan fingerprint density at radius 3 is 2.30 bits per heavy atom. The zero-order valence-electron chi connectivity index (χ0n) is 11.4. The van der Waals surface area contributed by atoms with Crippen molar-refractivity contribution in [1.29, 1.82) is 0 Å². The zero-order valence-corrected chi connectivity index (χ0v) is 11.4. The van der Waals surface area contributed by atoms with Gasteiger partial charge in [0.25, 0.3) is 0 Å². The van der Waals surface area contributed by atoms with E-state index in [-0.39, 0.29) is 5.91 Å². The minimum absolute atomic E-state index is 0.0215. The Kier molecular flexibility index (Phi) is 4.95. The largest absolute Gasteiger partial charge is 0.453 e. The van der Waals surface area contributed by atoms with Crippen molar-refractivity contribution < 1.29 is 14.3 Å². The summed E-state index contributed by atoms with van der Waals surface area (Å²) >= 11 is 0. The molecule has 0 unspecified atom stereocenters.